The predicted molar refractivity (Wildman–Crippen MR) is 67.1 cm³/mol. The van der Waals surface area contributed by atoms with Gasteiger partial charge in [0.05, 0.1) is 20.5 Å². The fourth-order valence-electron chi connectivity index (χ4n) is 1.79. The maximum absolute atomic E-state index is 10.3. The van der Waals surface area contributed by atoms with Crippen molar-refractivity contribution in [1.29, 1.82) is 0 Å². The quantitative estimate of drug-likeness (QED) is 0.903. The van der Waals surface area contributed by atoms with Gasteiger partial charge in [-0.15, -0.1) is 0 Å². The first-order valence-corrected chi connectivity index (χ1v) is 5.60. The van der Waals surface area contributed by atoms with Crippen LogP contribution in [0.4, 0.5) is 0 Å². The lowest BCUT2D eigenvalue weighted by atomic mass is 10.0. The highest BCUT2D eigenvalue weighted by Crippen LogP contribution is 2.30. The van der Waals surface area contributed by atoms with Crippen LogP contribution in [0.2, 0.25) is 0 Å². The minimum Gasteiger partial charge on any atom is -0.497 e. The molecule has 1 unspecified atom stereocenters. The van der Waals surface area contributed by atoms with Gasteiger partial charge in [-0.3, -0.25) is 0 Å². The predicted octanol–water partition coefficient (Wildman–Crippen LogP) is 2.69. The highest BCUT2D eigenvalue weighted by atomic mass is 16.5. The summed E-state index contributed by atoms with van der Waals surface area (Å²) in [7, 11) is 3.15. The van der Waals surface area contributed by atoms with Gasteiger partial charge in [0.1, 0.15) is 23.4 Å². The van der Waals surface area contributed by atoms with Gasteiger partial charge in [-0.25, -0.2) is 0 Å². The Bertz CT molecular complexity index is 508. The van der Waals surface area contributed by atoms with E-state index in [4.69, 9.17) is 13.9 Å². The standard InChI is InChI=1S/C14H16O4/c1-9-4-11(8-18-9)14(15)10-5-12(16-2)7-13(6-10)17-3/h4-8,14-15H,1-3H3. The van der Waals surface area contributed by atoms with Crippen LogP contribution in [0.15, 0.2) is 34.9 Å². The second-order valence-electron chi connectivity index (χ2n) is 4.04. The molecule has 0 saturated heterocycles. The average molecular weight is 248 g/mol. The molecule has 0 fully saturated rings. The van der Waals surface area contributed by atoms with E-state index in [0.29, 0.717) is 22.6 Å². The number of aliphatic hydroxyl groups excluding tert-OH is 1. The Balaban J connectivity index is 2.37. The molecule has 4 heteroatoms. The molecule has 1 N–H and O–H groups in total. The summed E-state index contributed by atoms with van der Waals surface area (Å²) in [5, 5.41) is 10.3. The van der Waals surface area contributed by atoms with E-state index < -0.39 is 6.10 Å². The van der Waals surface area contributed by atoms with Crippen LogP contribution in [0.3, 0.4) is 0 Å². The lowest BCUT2D eigenvalue weighted by Crippen LogP contribution is -1.99. The van der Waals surface area contributed by atoms with Gasteiger partial charge in [-0.05, 0) is 30.7 Å². The Labute approximate surface area is 106 Å². The second-order valence-corrected chi connectivity index (χ2v) is 4.04. The molecule has 0 aliphatic carbocycles. The molecule has 1 atom stereocenters. The molecule has 0 saturated carbocycles. The van der Waals surface area contributed by atoms with E-state index in [1.165, 1.54) is 0 Å². The first-order valence-electron chi connectivity index (χ1n) is 5.60. The van der Waals surface area contributed by atoms with Crippen molar-refractivity contribution < 1.29 is 19.0 Å². The fraction of sp³-hybridized carbons (Fsp3) is 0.286. The molecule has 0 amide bonds. The summed E-state index contributed by atoms with van der Waals surface area (Å²) in [5.41, 5.74) is 1.41. The zero-order valence-electron chi connectivity index (χ0n) is 10.6. The number of benzene rings is 1. The van der Waals surface area contributed by atoms with Crippen LogP contribution in [0.25, 0.3) is 0 Å². The Hall–Kier alpha value is -1.94. The highest BCUT2D eigenvalue weighted by molar-refractivity contribution is 5.41. The summed E-state index contributed by atoms with van der Waals surface area (Å²) >= 11 is 0. The molecule has 2 rings (SSSR count). The molecule has 1 aromatic heterocycles. The molecule has 1 aromatic carbocycles. The molecular weight excluding hydrogens is 232 g/mol. The van der Waals surface area contributed by atoms with E-state index in [-0.39, 0.29) is 0 Å². The SMILES string of the molecule is COc1cc(OC)cc(C(O)c2coc(C)c2)c1. The number of hydrogen-bond donors (Lipinski definition) is 1. The van der Waals surface area contributed by atoms with Crippen molar-refractivity contribution >= 4 is 0 Å². The molecule has 0 radical (unpaired) electrons. The Kier molecular flexibility index (Phi) is 3.58. The zero-order chi connectivity index (χ0) is 13.1. The van der Waals surface area contributed by atoms with Crippen molar-refractivity contribution in [2.24, 2.45) is 0 Å². The van der Waals surface area contributed by atoms with Crippen LogP contribution in [-0.2, 0) is 0 Å². The third-order valence-corrected chi connectivity index (χ3v) is 2.76. The Morgan fingerprint density at radius 2 is 1.61 bits per heavy atom. The molecule has 0 bridgehead atoms. The maximum atomic E-state index is 10.3. The van der Waals surface area contributed by atoms with Gasteiger partial charge >= 0.3 is 0 Å². The third kappa shape index (κ3) is 2.49. The lowest BCUT2D eigenvalue weighted by molar-refractivity contribution is 0.218. The van der Waals surface area contributed by atoms with E-state index in [1.54, 1.807) is 44.7 Å². The van der Waals surface area contributed by atoms with Gasteiger partial charge in [0.25, 0.3) is 0 Å². The third-order valence-electron chi connectivity index (χ3n) is 2.76. The first kappa shape index (κ1) is 12.5. The molecule has 4 nitrogen and oxygen atoms in total. The summed E-state index contributed by atoms with van der Waals surface area (Å²) in [5.74, 6) is 2.05. The molecule has 1 heterocycles. The lowest BCUT2D eigenvalue weighted by Gasteiger charge is -2.12. The van der Waals surface area contributed by atoms with Crippen molar-refractivity contribution in [2.45, 2.75) is 13.0 Å². The van der Waals surface area contributed by atoms with Gasteiger partial charge in [-0.1, -0.05) is 0 Å². The van der Waals surface area contributed by atoms with Crippen LogP contribution >= 0.6 is 0 Å². The van der Waals surface area contributed by atoms with Crippen LogP contribution in [0.1, 0.15) is 23.0 Å². The number of methoxy groups -OCH3 is 2. The average Bonchev–Trinajstić information content (AvgIpc) is 2.83. The van der Waals surface area contributed by atoms with E-state index in [1.807, 2.05) is 6.92 Å². The summed E-state index contributed by atoms with van der Waals surface area (Å²) in [4.78, 5) is 0. The summed E-state index contributed by atoms with van der Waals surface area (Å²) in [6.45, 7) is 1.84. The van der Waals surface area contributed by atoms with Crippen molar-refractivity contribution in [3.05, 3.63) is 47.4 Å². The number of ether oxygens (including phenoxy) is 2. The topological polar surface area (TPSA) is 51.8 Å². The maximum Gasteiger partial charge on any atom is 0.122 e. The van der Waals surface area contributed by atoms with Crippen LogP contribution < -0.4 is 9.47 Å². The van der Waals surface area contributed by atoms with Gasteiger partial charge in [0, 0.05) is 11.6 Å². The Morgan fingerprint density at radius 3 is 2.06 bits per heavy atom. The fourth-order valence-corrected chi connectivity index (χ4v) is 1.79. The van der Waals surface area contributed by atoms with Gasteiger partial charge in [0.15, 0.2) is 0 Å². The minimum atomic E-state index is -0.758. The molecule has 18 heavy (non-hydrogen) atoms. The van der Waals surface area contributed by atoms with Crippen LogP contribution in [0.5, 0.6) is 11.5 Å². The Morgan fingerprint density at radius 1 is 1.00 bits per heavy atom. The van der Waals surface area contributed by atoms with Gasteiger partial charge in [-0.2, -0.15) is 0 Å². The highest BCUT2D eigenvalue weighted by Gasteiger charge is 2.15. The summed E-state index contributed by atoms with van der Waals surface area (Å²) in [6.07, 6.45) is 0.790. The van der Waals surface area contributed by atoms with Crippen molar-refractivity contribution in [2.75, 3.05) is 14.2 Å². The zero-order valence-corrected chi connectivity index (χ0v) is 10.6. The molecular formula is C14H16O4. The largest absolute Gasteiger partial charge is 0.497 e. The minimum absolute atomic E-state index is 0.642. The molecule has 2 aromatic rings. The van der Waals surface area contributed by atoms with E-state index in [0.717, 1.165) is 5.76 Å². The normalized spacial score (nSPS) is 12.2. The van der Waals surface area contributed by atoms with Crippen molar-refractivity contribution in [1.82, 2.24) is 0 Å². The summed E-state index contributed by atoms with van der Waals surface area (Å²) < 4.78 is 15.5. The van der Waals surface area contributed by atoms with Gasteiger partial charge in [0.2, 0.25) is 0 Å². The van der Waals surface area contributed by atoms with E-state index in [9.17, 15) is 5.11 Å². The van der Waals surface area contributed by atoms with Crippen molar-refractivity contribution in [3.8, 4) is 11.5 Å². The monoisotopic (exact) mass is 248 g/mol. The van der Waals surface area contributed by atoms with Crippen LogP contribution in [-0.4, -0.2) is 19.3 Å². The molecule has 0 spiro atoms. The van der Waals surface area contributed by atoms with E-state index in [2.05, 4.69) is 0 Å². The smallest absolute Gasteiger partial charge is 0.122 e. The molecule has 0 aliphatic heterocycles. The number of aliphatic hydroxyl groups is 1. The number of hydrogen-bond acceptors (Lipinski definition) is 4. The van der Waals surface area contributed by atoms with Crippen LogP contribution in [0, 0.1) is 6.92 Å². The summed E-state index contributed by atoms with van der Waals surface area (Å²) in [6, 6.07) is 7.11. The first-order chi connectivity index (χ1) is 8.63. The van der Waals surface area contributed by atoms with Crippen molar-refractivity contribution in [3.63, 3.8) is 0 Å². The van der Waals surface area contributed by atoms with Gasteiger partial charge < -0.3 is 19.0 Å². The molecule has 0 aliphatic rings. The van der Waals surface area contributed by atoms with E-state index >= 15 is 0 Å². The second kappa shape index (κ2) is 5.14. The number of furan rings is 1. The number of rotatable bonds is 4. The molecule has 96 valence electrons. The number of aryl methyl sites for hydroxylation is 1.